The fourth-order valence-electron chi connectivity index (χ4n) is 0. The van der Waals surface area contributed by atoms with Gasteiger partial charge in [-0.15, -0.1) is 0 Å². The van der Waals surface area contributed by atoms with E-state index in [1.165, 1.54) is 0 Å². The van der Waals surface area contributed by atoms with Crippen molar-refractivity contribution in [3.05, 3.63) is 0 Å². The molecule has 4 heavy (non-hydrogen) atoms. The average molecular weight is 144 g/mol. The molecule has 0 saturated carbocycles. The van der Waals surface area contributed by atoms with Gasteiger partial charge < -0.3 is 0 Å². The van der Waals surface area contributed by atoms with Crippen LogP contribution in [0.1, 0.15) is 0 Å². The first-order valence-corrected chi connectivity index (χ1v) is 0. The molecule has 4 heteroatoms. The third-order valence-corrected chi connectivity index (χ3v) is 0. The summed E-state index contributed by atoms with van der Waals surface area (Å²) in [6.07, 6.45) is 0. The molecule has 0 aliphatic heterocycles. The van der Waals surface area contributed by atoms with Gasteiger partial charge in [-0.2, -0.15) is 0 Å². The first-order valence-electron chi connectivity index (χ1n) is 0. The van der Waals surface area contributed by atoms with Gasteiger partial charge in [-0.3, -0.25) is 0 Å². The van der Waals surface area contributed by atoms with Gasteiger partial charge in [-0.25, -0.2) is 0 Å². The van der Waals surface area contributed by atoms with Crippen molar-refractivity contribution < 1.29 is 43.4 Å². The molecule has 0 atom stereocenters. The summed E-state index contributed by atoms with van der Waals surface area (Å²) >= 11 is 0. The van der Waals surface area contributed by atoms with E-state index in [0.29, 0.717) is 0 Å². The Morgan fingerprint density at radius 2 is 0.500 bits per heavy atom. The van der Waals surface area contributed by atoms with Crippen molar-refractivity contribution in [1.82, 2.24) is 0 Å². The first-order chi connectivity index (χ1) is 0. The molecule has 0 aromatic carbocycles. The summed E-state index contributed by atoms with van der Waals surface area (Å²) in [5, 5.41) is 0. The van der Waals surface area contributed by atoms with E-state index in [2.05, 4.69) is 0 Å². The average Bonchev–Trinajstić information content (AvgIpc) is 0. The van der Waals surface area contributed by atoms with E-state index in [9.17, 15) is 0 Å². The van der Waals surface area contributed by atoms with Crippen LogP contribution in [0.25, 0.3) is 0 Å². The van der Waals surface area contributed by atoms with Crippen LogP contribution in [0.2, 0.25) is 0 Å². The third-order valence-electron chi connectivity index (χ3n) is 0. The van der Waals surface area contributed by atoms with Gasteiger partial charge in [0.25, 0.3) is 0 Å². The van der Waals surface area contributed by atoms with Crippen molar-refractivity contribution in [2.24, 2.45) is 0 Å². The van der Waals surface area contributed by atoms with Gasteiger partial charge in [0.2, 0.25) is 0 Å². The Morgan fingerprint density at radius 3 is 0.500 bits per heavy atom. The molecule has 0 aromatic rings. The maximum atomic E-state index is 0. The normalized spacial score (nSPS) is 0. The summed E-state index contributed by atoms with van der Waals surface area (Å²) in [5.41, 5.74) is 0. The van der Waals surface area contributed by atoms with Gasteiger partial charge in [-0.05, 0) is 0 Å². The van der Waals surface area contributed by atoms with Crippen LogP contribution >= 0.6 is 0 Å². The van der Waals surface area contributed by atoms with Gasteiger partial charge in [0.15, 0.2) is 0 Å². The predicted molar refractivity (Wildman–Crippen MR) is 11.5 cm³/mol. The van der Waals surface area contributed by atoms with Crippen molar-refractivity contribution >= 4 is 46.1 Å². The molecule has 0 aromatic heterocycles. The van der Waals surface area contributed by atoms with Crippen molar-refractivity contribution in [2.45, 2.75) is 0 Å². The SMILES string of the molecule is [Mg].[Mg].[Ti].[Ti]. The third kappa shape index (κ3) is 8.88. The van der Waals surface area contributed by atoms with Crippen LogP contribution in [-0.2, 0) is 43.4 Å². The Morgan fingerprint density at radius 1 is 0.500 bits per heavy atom. The Kier molecular flexibility index (Phi) is 118. The number of rotatable bonds is 0. The van der Waals surface area contributed by atoms with E-state index >= 15 is 0 Å². The van der Waals surface area contributed by atoms with Gasteiger partial charge in [0.05, 0.1) is 0 Å². The number of hydrogen-bond donors (Lipinski definition) is 0. The van der Waals surface area contributed by atoms with Crippen LogP contribution in [0.5, 0.6) is 0 Å². The number of hydrogen-bond acceptors (Lipinski definition) is 0. The molecule has 0 aliphatic carbocycles. The summed E-state index contributed by atoms with van der Waals surface area (Å²) in [6, 6.07) is 0. The van der Waals surface area contributed by atoms with Crippen molar-refractivity contribution in [2.75, 3.05) is 0 Å². The Balaban J connectivity index is 0. The molecule has 0 aliphatic rings. The minimum Gasteiger partial charge on any atom is 0 e. The topological polar surface area (TPSA) is 0 Å². The molecule has 4 radical (unpaired) electrons. The summed E-state index contributed by atoms with van der Waals surface area (Å²) in [4.78, 5) is 0. The molecular weight excluding hydrogens is 144 g/mol. The van der Waals surface area contributed by atoms with Crippen molar-refractivity contribution in [3.63, 3.8) is 0 Å². The van der Waals surface area contributed by atoms with Crippen LogP contribution in [0.3, 0.4) is 0 Å². The second-order valence-electron chi connectivity index (χ2n) is 0. The molecule has 0 amide bonds. The largest absolute Gasteiger partial charge is 0 e. The van der Waals surface area contributed by atoms with E-state index < -0.39 is 0 Å². The van der Waals surface area contributed by atoms with Gasteiger partial charge >= 0.3 is 0 Å². The van der Waals surface area contributed by atoms with E-state index in [1.807, 2.05) is 0 Å². The molecular formula is Mg2Ti2. The zero-order chi connectivity index (χ0) is 0. The minimum atomic E-state index is 0. The zero-order valence-corrected chi connectivity index (χ0v) is 8.37. The van der Waals surface area contributed by atoms with E-state index in [4.69, 9.17) is 0 Å². The van der Waals surface area contributed by atoms with E-state index in [1.54, 1.807) is 0 Å². The van der Waals surface area contributed by atoms with Crippen molar-refractivity contribution in [1.29, 1.82) is 0 Å². The maximum absolute atomic E-state index is 0. The minimum absolute atomic E-state index is 0. The Bertz CT molecular complexity index is 4.00. The van der Waals surface area contributed by atoms with E-state index in [-0.39, 0.29) is 89.5 Å². The molecule has 0 heterocycles. The quantitative estimate of drug-likeness (QED) is 0.392. The molecule has 0 saturated heterocycles. The Hall–Kier alpha value is 2.96. The van der Waals surface area contributed by atoms with Gasteiger partial charge in [0, 0.05) is 89.5 Å². The monoisotopic (exact) mass is 144 g/mol. The zero-order valence-electron chi connectivity index (χ0n) is 2.41. The summed E-state index contributed by atoms with van der Waals surface area (Å²) < 4.78 is 0. The summed E-state index contributed by atoms with van der Waals surface area (Å²) in [6.45, 7) is 0. The second-order valence-corrected chi connectivity index (χ2v) is 0. The van der Waals surface area contributed by atoms with Crippen LogP contribution in [0, 0.1) is 0 Å². The van der Waals surface area contributed by atoms with Crippen LogP contribution in [0.4, 0.5) is 0 Å². The molecule has 0 fully saturated rings. The molecule has 0 spiro atoms. The summed E-state index contributed by atoms with van der Waals surface area (Å²) in [5.74, 6) is 0. The van der Waals surface area contributed by atoms with Gasteiger partial charge in [0.1, 0.15) is 0 Å². The summed E-state index contributed by atoms with van der Waals surface area (Å²) in [7, 11) is 0. The molecule has 0 unspecified atom stereocenters. The first kappa shape index (κ1) is 28.2. The van der Waals surface area contributed by atoms with Crippen LogP contribution in [0.15, 0.2) is 0 Å². The Labute approximate surface area is 87.9 Å². The molecule has 0 rings (SSSR count). The molecule has 0 bridgehead atoms. The van der Waals surface area contributed by atoms with Crippen LogP contribution < -0.4 is 0 Å². The molecule has 0 N–H and O–H groups in total. The molecule has 0 nitrogen and oxygen atoms in total. The fraction of sp³-hybridized carbons (Fsp3) is 0. The molecule has 12 valence electrons. The second kappa shape index (κ2) is 16.7. The predicted octanol–water partition coefficient (Wildman–Crippen LogP) is -0.767. The van der Waals surface area contributed by atoms with Crippen molar-refractivity contribution in [3.8, 4) is 0 Å². The standard InChI is InChI=1S/2Mg.2Ti. The smallest absolute Gasteiger partial charge is 0 e. The van der Waals surface area contributed by atoms with Crippen LogP contribution in [-0.4, -0.2) is 46.1 Å². The fourth-order valence-corrected chi connectivity index (χ4v) is 0. The van der Waals surface area contributed by atoms with Gasteiger partial charge in [-0.1, -0.05) is 0 Å². The maximum Gasteiger partial charge on any atom is 0 e. The van der Waals surface area contributed by atoms with E-state index in [0.717, 1.165) is 0 Å².